The van der Waals surface area contributed by atoms with Crippen LogP contribution in [0.2, 0.25) is 10.0 Å². The van der Waals surface area contributed by atoms with Crippen LogP contribution in [0.5, 0.6) is 11.5 Å². The van der Waals surface area contributed by atoms with Crippen molar-refractivity contribution in [3.8, 4) is 11.5 Å². The second kappa shape index (κ2) is 13.3. The average Bonchev–Trinajstić information content (AvgIpc) is 3.45. The molecule has 1 saturated carbocycles. The Kier molecular flexibility index (Phi) is 10.1. The monoisotopic (exact) mass is 611 g/mol. The zero-order chi connectivity index (χ0) is 28.9. The first-order valence-corrected chi connectivity index (χ1v) is 15.9. The summed E-state index contributed by atoms with van der Waals surface area (Å²) in [5.74, 6) is -0.121. The molecule has 40 heavy (non-hydrogen) atoms. The smallest absolute Gasteiger partial charge is 0.244 e. The van der Waals surface area contributed by atoms with Gasteiger partial charge in [0.1, 0.15) is 25.8 Å². The standard InChI is InChI=1S/C28H35Cl2N3O6S/c1-3-24(28(35)31-21-7-5-6-8-21)32(17-19-9-10-20(29)15-23(19)30)27(34)18-33(40(36,37)4-2)22-11-12-25-26(16-22)39-14-13-38-25/h9-12,15-16,21,24H,3-8,13-14,17-18H2,1-2H3,(H,31,35). The highest BCUT2D eigenvalue weighted by molar-refractivity contribution is 7.92. The lowest BCUT2D eigenvalue weighted by Crippen LogP contribution is -2.53. The number of benzene rings is 2. The van der Waals surface area contributed by atoms with Crippen LogP contribution in [0.3, 0.4) is 0 Å². The van der Waals surface area contributed by atoms with Crippen molar-refractivity contribution >= 4 is 50.7 Å². The molecular weight excluding hydrogens is 577 g/mol. The number of nitrogens with one attached hydrogen (secondary N) is 1. The van der Waals surface area contributed by atoms with Gasteiger partial charge in [-0.25, -0.2) is 8.42 Å². The number of anilines is 1. The molecule has 218 valence electrons. The number of carbonyl (C=O) groups is 2. The van der Waals surface area contributed by atoms with E-state index < -0.39 is 28.5 Å². The van der Waals surface area contributed by atoms with E-state index >= 15 is 0 Å². The normalized spacial score (nSPS) is 15.9. The van der Waals surface area contributed by atoms with Crippen LogP contribution in [0.15, 0.2) is 36.4 Å². The Morgan fingerprint density at radius 3 is 2.38 bits per heavy atom. The zero-order valence-corrected chi connectivity index (χ0v) is 25.0. The van der Waals surface area contributed by atoms with E-state index in [0.29, 0.717) is 46.7 Å². The van der Waals surface area contributed by atoms with Crippen LogP contribution in [0.1, 0.15) is 51.5 Å². The van der Waals surface area contributed by atoms with E-state index in [4.69, 9.17) is 32.7 Å². The van der Waals surface area contributed by atoms with Gasteiger partial charge in [0.25, 0.3) is 0 Å². The van der Waals surface area contributed by atoms with Gasteiger partial charge in [0.15, 0.2) is 11.5 Å². The number of fused-ring (bicyclic) bond motifs is 1. The predicted octanol–water partition coefficient (Wildman–Crippen LogP) is 4.79. The van der Waals surface area contributed by atoms with E-state index in [1.807, 2.05) is 6.92 Å². The van der Waals surface area contributed by atoms with Crippen molar-refractivity contribution in [2.45, 2.75) is 64.6 Å². The van der Waals surface area contributed by atoms with Crippen LogP contribution in [0.25, 0.3) is 0 Å². The molecule has 0 bridgehead atoms. The molecule has 1 N–H and O–H groups in total. The molecule has 9 nitrogen and oxygen atoms in total. The molecule has 0 saturated heterocycles. The molecule has 1 atom stereocenters. The summed E-state index contributed by atoms with van der Waals surface area (Å²) >= 11 is 12.5. The molecule has 2 aliphatic rings. The maximum atomic E-state index is 14.0. The Labute approximate surface area is 245 Å². The first-order valence-electron chi connectivity index (χ1n) is 13.6. The number of sulfonamides is 1. The Bertz CT molecular complexity index is 1330. The largest absolute Gasteiger partial charge is 0.486 e. The maximum absolute atomic E-state index is 14.0. The first-order chi connectivity index (χ1) is 19.1. The van der Waals surface area contributed by atoms with Gasteiger partial charge in [-0.15, -0.1) is 0 Å². The molecule has 4 rings (SSSR count). The molecule has 2 aromatic carbocycles. The summed E-state index contributed by atoms with van der Waals surface area (Å²) in [6.07, 6.45) is 4.21. The molecule has 1 heterocycles. The molecule has 12 heteroatoms. The highest BCUT2D eigenvalue weighted by atomic mass is 35.5. The van der Waals surface area contributed by atoms with Crippen molar-refractivity contribution in [1.29, 1.82) is 0 Å². The van der Waals surface area contributed by atoms with Gasteiger partial charge in [0.2, 0.25) is 21.8 Å². The number of hydrogen-bond acceptors (Lipinski definition) is 6. The fraction of sp³-hybridized carbons (Fsp3) is 0.500. The number of rotatable bonds is 11. The van der Waals surface area contributed by atoms with Gasteiger partial charge in [0.05, 0.1) is 11.4 Å². The maximum Gasteiger partial charge on any atom is 0.244 e. The third-order valence-corrected chi connectivity index (χ3v) is 9.56. The molecule has 2 aromatic rings. The van der Waals surface area contributed by atoms with Crippen LogP contribution < -0.4 is 19.1 Å². The third-order valence-electron chi connectivity index (χ3n) is 7.24. The Morgan fingerprint density at radius 2 is 1.73 bits per heavy atom. The predicted molar refractivity (Wildman–Crippen MR) is 156 cm³/mol. The quantitative estimate of drug-likeness (QED) is 0.392. The molecule has 0 spiro atoms. The van der Waals surface area contributed by atoms with E-state index in [1.165, 1.54) is 11.8 Å². The van der Waals surface area contributed by atoms with Gasteiger partial charge >= 0.3 is 0 Å². The van der Waals surface area contributed by atoms with Crippen molar-refractivity contribution < 1.29 is 27.5 Å². The van der Waals surface area contributed by atoms with Crippen LogP contribution in [-0.2, 0) is 26.2 Å². The van der Waals surface area contributed by atoms with Gasteiger partial charge in [-0.05, 0) is 56.0 Å². The molecule has 0 aromatic heterocycles. The van der Waals surface area contributed by atoms with Gasteiger partial charge in [-0.2, -0.15) is 0 Å². The summed E-state index contributed by atoms with van der Waals surface area (Å²) in [6.45, 7) is 3.57. The Balaban J connectivity index is 1.67. The van der Waals surface area contributed by atoms with Crippen LogP contribution >= 0.6 is 23.2 Å². The Hall–Kier alpha value is -2.69. The van der Waals surface area contributed by atoms with Gasteiger partial charge in [0, 0.05) is 28.7 Å². The Morgan fingerprint density at radius 1 is 1.02 bits per heavy atom. The highest BCUT2D eigenvalue weighted by Crippen LogP contribution is 2.35. The lowest BCUT2D eigenvalue weighted by molar-refractivity contribution is -0.140. The number of halogens is 2. The van der Waals surface area contributed by atoms with E-state index in [-0.39, 0.29) is 29.9 Å². The third kappa shape index (κ3) is 7.14. The summed E-state index contributed by atoms with van der Waals surface area (Å²) in [5.41, 5.74) is 0.864. The lowest BCUT2D eigenvalue weighted by Gasteiger charge is -2.34. The number of nitrogens with zero attached hydrogens (tertiary/aromatic N) is 2. The zero-order valence-electron chi connectivity index (χ0n) is 22.7. The van der Waals surface area contributed by atoms with Crippen molar-refractivity contribution in [2.24, 2.45) is 0 Å². The summed E-state index contributed by atoms with van der Waals surface area (Å²) in [6, 6.07) is 8.93. The number of amides is 2. The first kappa shape index (κ1) is 30.3. The fourth-order valence-corrected chi connectivity index (χ4v) is 6.55. The fourth-order valence-electron chi connectivity index (χ4n) is 5.03. The van der Waals surface area contributed by atoms with Crippen LogP contribution in [-0.4, -0.2) is 62.7 Å². The SMILES string of the molecule is CCC(C(=O)NC1CCCC1)N(Cc1ccc(Cl)cc1Cl)C(=O)CN(c1ccc2c(c1)OCCO2)S(=O)(=O)CC. The molecule has 1 aliphatic carbocycles. The van der Waals surface area contributed by atoms with Crippen molar-refractivity contribution in [1.82, 2.24) is 10.2 Å². The second-order valence-corrected chi connectivity index (χ2v) is 12.9. The number of ether oxygens (including phenoxy) is 2. The molecule has 1 aliphatic heterocycles. The van der Waals surface area contributed by atoms with E-state index in [2.05, 4.69) is 5.32 Å². The molecule has 0 radical (unpaired) electrons. The van der Waals surface area contributed by atoms with Gasteiger partial charge < -0.3 is 19.7 Å². The molecule has 1 unspecified atom stereocenters. The van der Waals surface area contributed by atoms with Crippen LogP contribution in [0, 0.1) is 0 Å². The minimum Gasteiger partial charge on any atom is -0.486 e. The topological polar surface area (TPSA) is 105 Å². The van der Waals surface area contributed by atoms with E-state index in [9.17, 15) is 18.0 Å². The highest BCUT2D eigenvalue weighted by Gasteiger charge is 2.34. The summed E-state index contributed by atoms with van der Waals surface area (Å²) < 4.78 is 38.8. The summed E-state index contributed by atoms with van der Waals surface area (Å²) in [7, 11) is -3.88. The van der Waals surface area contributed by atoms with Crippen LogP contribution in [0.4, 0.5) is 5.69 Å². The van der Waals surface area contributed by atoms with Crippen molar-refractivity contribution in [3.63, 3.8) is 0 Å². The molecule has 2 amide bonds. The molecule has 1 fully saturated rings. The van der Waals surface area contributed by atoms with E-state index in [0.717, 1.165) is 30.0 Å². The van der Waals surface area contributed by atoms with Gasteiger partial charge in [-0.3, -0.25) is 13.9 Å². The second-order valence-electron chi connectivity index (χ2n) is 9.91. The lowest BCUT2D eigenvalue weighted by atomic mass is 10.1. The van der Waals surface area contributed by atoms with Crippen molar-refractivity contribution in [2.75, 3.05) is 29.8 Å². The summed E-state index contributed by atoms with van der Waals surface area (Å²) in [5, 5.41) is 3.88. The average molecular weight is 613 g/mol. The number of hydrogen-bond donors (Lipinski definition) is 1. The van der Waals surface area contributed by atoms with E-state index in [1.54, 1.807) is 36.4 Å². The van der Waals surface area contributed by atoms with Gasteiger partial charge in [-0.1, -0.05) is 49.0 Å². The molecular formula is C28H35Cl2N3O6S. The minimum absolute atomic E-state index is 0.00653. The minimum atomic E-state index is -3.88. The summed E-state index contributed by atoms with van der Waals surface area (Å²) in [4.78, 5) is 28.9. The van der Waals surface area contributed by atoms with Crippen molar-refractivity contribution in [3.05, 3.63) is 52.0 Å². The number of carbonyl (C=O) groups excluding carboxylic acids is 2.